The molecular weight excluding hydrogens is 459 g/mol. The van der Waals surface area contributed by atoms with E-state index in [9.17, 15) is 4.79 Å². The number of aliphatic imine (C=N–C) groups is 1. The van der Waals surface area contributed by atoms with E-state index >= 15 is 0 Å². The van der Waals surface area contributed by atoms with Gasteiger partial charge in [0.1, 0.15) is 5.75 Å². The first-order valence-electron chi connectivity index (χ1n) is 9.25. The lowest BCUT2D eigenvalue weighted by Crippen LogP contribution is -2.54. The zero-order chi connectivity index (χ0) is 18.8. The summed E-state index contributed by atoms with van der Waals surface area (Å²) in [7, 11) is 1.68. The number of guanidine groups is 1. The zero-order valence-corrected chi connectivity index (χ0v) is 18.8. The maximum absolute atomic E-state index is 11.8. The van der Waals surface area contributed by atoms with Gasteiger partial charge in [-0.25, -0.2) is 4.79 Å². The van der Waals surface area contributed by atoms with E-state index in [-0.39, 0.29) is 30.1 Å². The average Bonchev–Trinajstić information content (AvgIpc) is 2.68. The summed E-state index contributed by atoms with van der Waals surface area (Å²) in [6, 6.07) is 8.07. The van der Waals surface area contributed by atoms with Crippen molar-refractivity contribution >= 4 is 36.0 Å². The minimum Gasteiger partial charge on any atom is -0.497 e. The molecule has 0 unspecified atom stereocenters. The number of rotatable bonds is 6. The van der Waals surface area contributed by atoms with Crippen LogP contribution in [0, 0.1) is 0 Å². The van der Waals surface area contributed by atoms with Crippen molar-refractivity contribution in [3.8, 4) is 5.75 Å². The van der Waals surface area contributed by atoms with Gasteiger partial charge >= 0.3 is 6.09 Å². The Morgan fingerprint density at radius 1 is 1.19 bits per heavy atom. The molecule has 7 nitrogen and oxygen atoms in total. The van der Waals surface area contributed by atoms with Crippen LogP contribution in [0.5, 0.6) is 5.75 Å². The van der Waals surface area contributed by atoms with Crippen molar-refractivity contribution < 1.29 is 14.3 Å². The second-order valence-corrected chi connectivity index (χ2v) is 6.01. The number of hydrogen-bond donors (Lipinski definition) is 1. The Bertz CT molecular complexity index is 604. The molecule has 8 heteroatoms. The summed E-state index contributed by atoms with van der Waals surface area (Å²) in [6.07, 6.45) is 0.627. The summed E-state index contributed by atoms with van der Waals surface area (Å²) in [6.45, 7) is 8.63. The molecule has 1 N–H and O–H groups in total. The first kappa shape index (κ1) is 23.3. The van der Waals surface area contributed by atoms with E-state index in [1.165, 1.54) is 5.56 Å². The zero-order valence-electron chi connectivity index (χ0n) is 16.4. The van der Waals surface area contributed by atoms with E-state index in [1.807, 2.05) is 25.1 Å². The molecule has 0 saturated carbocycles. The molecule has 1 heterocycles. The van der Waals surface area contributed by atoms with Gasteiger partial charge in [-0.15, -0.1) is 24.0 Å². The third kappa shape index (κ3) is 7.43. The van der Waals surface area contributed by atoms with Gasteiger partial charge in [-0.3, -0.25) is 4.99 Å². The Morgan fingerprint density at radius 2 is 1.89 bits per heavy atom. The second-order valence-electron chi connectivity index (χ2n) is 6.01. The lowest BCUT2D eigenvalue weighted by atomic mass is 10.1. The predicted molar refractivity (Wildman–Crippen MR) is 118 cm³/mol. The Hall–Kier alpha value is -1.71. The number of nitrogens with one attached hydrogen (secondary N) is 1. The minimum atomic E-state index is -0.230. The summed E-state index contributed by atoms with van der Waals surface area (Å²) < 4.78 is 10.3. The Balaban J connectivity index is 0.00000364. The first-order valence-corrected chi connectivity index (χ1v) is 9.25. The van der Waals surface area contributed by atoms with Crippen molar-refractivity contribution in [2.45, 2.75) is 20.3 Å². The standard InChI is InChI=1S/C19H30N4O3.HI/c1-4-20-18(21-10-9-16-7-6-8-17(15-16)25-3)22-11-13-23(14-12-22)19(24)26-5-2;/h6-8,15H,4-5,9-14H2,1-3H3,(H,20,21);1H. The molecule has 1 aromatic carbocycles. The van der Waals surface area contributed by atoms with Crippen LogP contribution >= 0.6 is 24.0 Å². The smallest absolute Gasteiger partial charge is 0.409 e. The van der Waals surface area contributed by atoms with Crippen LogP contribution < -0.4 is 10.1 Å². The van der Waals surface area contributed by atoms with Gasteiger partial charge in [0.2, 0.25) is 0 Å². The fraction of sp³-hybridized carbons (Fsp3) is 0.579. The van der Waals surface area contributed by atoms with Gasteiger partial charge in [0.15, 0.2) is 5.96 Å². The van der Waals surface area contributed by atoms with Crippen LogP contribution in [0.1, 0.15) is 19.4 Å². The third-order valence-electron chi connectivity index (χ3n) is 4.24. The molecule has 1 aromatic rings. The van der Waals surface area contributed by atoms with Gasteiger partial charge in [-0.2, -0.15) is 0 Å². The molecular formula is C19H31IN4O3. The van der Waals surface area contributed by atoms with Gasteiger partial charge in [-0.05, 0) is 38.0 Å². The number of hydrogen-bond acceptors (Lipinski definition) is 4. The lowest BCUT2D eigenvalue weighted by molar-refractivity contribution is 0.0914. The normalized spacial score (nSPS) is 14.4. The van der Waals surface area contributed by atoms with Crippen molar-refractivity contribution in [3.63, 3.8) is 0 Å². The molecule has 0 spiro atoms. The van der Waals surface area contributed by atoms with E-state index in [2.05, 4.69) is 23.2 Å². The van der Waals surface area contributed by atoms with E-state index in [1.54, 1.807) is 12.0 Å². The van der Waals surface area contributed by atoms with Crippen LogP contribution in [0.15, 0.2) is 29.3 Å². The van der Waals surface area contributed by atoms with Gasteiger partial charge in [-0.1, -0.05) is 12.1 Å². The number of carbonyl (C=O) groups is 1. The van der Waals surface area contributed by atoms with Crippen LogP contribution in [0.3, 0.4) is 0 Å². The number of benzene rings is 1. The van der Waals surface area contributed by atoms with Crippen LogP contribution in [0.2, 0.25) is 0 Å². The van der Waals surface area contributed by atoms with Crippen molar-refractivity contribution in [1.29, 1.82) is 0 Å². The van der Waals surface area contributed by atoms with Crippen LogP contribution in [-0.2, 0) is 11.2 Å². The van der Waals surface area contributed by atoms with Crippen molar-refractivity contribution in [1.82, 2.24) is 15.1 Å². The van der Waals surface area contributed by atoms with Gasteiger partial charge in [0.25, 0.3) is 0 Å². The van der Waals surface area contributed by atoms with Crippen molar-refractivity contribution in [3.05, 3.63) is 29.8 Å². The number of piperazine rings is 1. The number of methoxy groups -OCH3 is 1. The van der Waals surface area contributed by atoms with Crippen LogP contribution in [-0.4, -0.2) is 74.8 Å². The Kier molecular flexibility index (Phi) is 10.9. The van der Waals surface area contributed by atoms with E-state index in [0.29, 0.717) is 26.2 Å². The SMILES string of the molecule is CCNC(=NCCc1cccc(OC)c1)N1CCN(C(=O)OCC)CC1.I. The van der Waals surface area contributed by atoms with Gasteiger partial charge in [0.05, 0.1) is 13.7 Å². The number of nitrogens with zero attached hydrogens (tertiary/aromatic N) is 3. The van der Waals surface area contributed by atoms with Gasteiger partial charge < -0.3 is 24.6 Å². The van der Waals surface area contributed by atoms with E-state index < -0.39 is 0 Å². The molecule has 0 radical (unpaired) electrons. The monoisotopic (exact) mass is 490 g/mol. The molecule has 1 amide bonds. The molecule has 1 fully saturated rings. The maximum Gasteiger partial charge on any atom is 0.409 e. The topological polar surface area (TPSA) is 66.4 Å². The van der Waals surface area contributed by atoms with Gasteiger partial charge in [0, 0.05) is 39.3 Å². The molecule has 1 aliphatic rings. The predicted octanol–water partition coefficient (Wildman–Crippen LogP) is 2.60. The highest BCUT2D eigenvalue weighted by Gasteiger charge is 2.23. The summed E-state index contributed by atoms with van der Waals surface area (Å²) in [4.78, 5) is 20.5. The quantitative estimate of drug-likeness (QED) is 0.378. The summed E-state index contributed by atoms with van der Waals surface area (Å²) >= 11 is 0. The molecule has 1 aliphatic heterocycles. The lowest BCUT2D eigenvalue weighted by Gasteiger charge is -2.35. The molecule has 152 valence electrons. The van der Waals surface area contributed by atoms with E-state index in [4.69, 9.17) is 14.5 Å². The highest BCUT2D eigenvalue weighted by Crippen LogP contribution is 2.13. The fourth-order valence-electron chi connectivity index (χ4n) is 2.86. The van der Waals surface area contributed by atoms with Crippen molar-refractivity contribution in [2.75, 3.05) is 53.0 Å². The molecule has 0 atom stereocenters. The largest absolute Gasteiger partial charge is 0.497 e. The summed E-state index contributed by atoms with van der Waals surface area (Å²) in [5.74, 6) is 1.77. The molecule has 27 heavy (non-hydrogen) atoms. The van der Waals surface area contributed by atoms with Crippen LogP contribution in [0.25, 0.3) is 0 Å². The Morgan fingerprint density at radius 3 is 2.52 bits per heavy atom. The first-order chi connectivity index (χ1) is 12.7. The highest BCUT2D eigenvalue weighted by atomic mass is 127. The summed E-state index contributed by atoms with van der Waals surface area (Å²) in [5.41, 5.74) is 1.20. The number of halogens is 1. The van der Waals surface area contributed by atoms with Crippen LogP contribution in [0.4, 0.5) is 4.79 Å². The second kappa shape index (κ2) is 12.6. The number of amides is 1. The molecule has 1 saturated heterocycles. The number of carbonyl (C=O) groups excluding carboxylic acids is 1. The number of ether oxygens (including phenoxy) is 2. The highest BCUT2D eigenvalue weighted by molar-refractivity contribution is 14.0. The van der Waals surface area contributed by atoms with Crippen molar-refractivity contribution in [2.24, 2.45) is 4.99 Å². The molecule has 0 aliphatic carbocycles. The maximum atomic E-state index is 11.8. The van der Waals surface area contributed by atoms with E-state index in [0.717, 1.165) is 37.8 Å². The third-order valence-corrected chi connectivity index (χ3v) is 4.24. The molecule has 0 bridgehead atoms. The molecule has 2 rings (SSSR count). The summed E-state index contributed by atoms with van der Waals surface area (Å²) in [5, 5.41) is 3.35. The molecule has 0 aromatic heterocycles. The average molecular weight is 490 g/mol. The minimum absolute atomic E-state index is 0. The Labute approximate surface area is 179 Å². The fourth-order valence-corrected chi connectivity index (χ4v) is 2.86.